The molecule has 2 aromatic rings. The van der Waals surface area contributed by atoms with Crippen LogP contribution in [0.4, 0.5) is 0 Å². The molecule has 7 atom stereocenters. The number of carboxylic acids is 1. The Morgan fingerprint density at radius 1 is 0.864 bits per heavy atom. The number of aliphatic hydroxyl groups is 2. The first-order chi connectivity index (χ1) is 20.7. The molecule has 3 aliphatic heterocycles. The lowest BCUT2D eigenvalue weighted by Gasteiger charge is -2.43. The van der Waals surface area contributed by atoms with Crippen molar-refractivity contribution >= 4 is 29.8 Å². The quantitative estimate of drug-likeness (QED) is 0.0831. The molecular weight excluding hydrogens is 600 g/mol. The fourth-order valence-electron chi connectivity index (χ4n) is 5.10. The average Bonchev–Trinajstić information content (AvgIpc) is 3.31. The van der Waals surface area contributed by atoms with Gasteiger partial charge >= 0.3 is 29.8 Å². The summed E-state index contributed by atoms with van der Waals surface area (Å²) in [6.07, 6.45) is -11.0. The number of carbonyl (C=O) groups is 5. The number of benzene rings is 2. The maximum absolute atomic E-state index is 13.5. The van der Waals surface area contributed by atoms with Gasteiger partial charge in [-0.25, -0.2) is 9.59 Å². The van der Waals surface area contributed by atoms with Gasteiger partial charge in [-0.05, 0) is 18.2 Å². The molecule has 1 fully saturated rings. The van der Waals surface area contributed by atoms with Gasteiger partial charge in [0.2, 0.25) is 18.1 Å². The molecule has 0 radical (unpaired) electrons. The number of ether oxygens (including phenoxy) is 5. The zero-order chi connectivity index (χ0) is 32.2. The van der Waals surface area contributed by atoms with Gasteiger partial charge in [0.1, 0.15) is 18.1 Å². The number of aliphatic carboxylic acids is 1. The van der Waals surface area contributed by atoms with Crippen LogP contribution in [0.1, 0.15) is 38.6 Å². The molecule has 0 aromatic heterocycles. The van der Waals surface area contributed by atoms with Gasteiger partial charge < -0.3 is 64.5 Å². The molecule has 18 heteroatoms. The van der Waals surface area contributed by atoms with E-state index in [9.17, 15) is 64.8 Å². The highest BCUT2D eigenvalue weighted by atomic mass is 16.7. The van der Waals surface area contributed by atoms with Crippen molar-refractivity contribution in [3.8, 4) is 34.5 Å². The molecule has 3 heterocycles. The predicted molar refractivity (Wildman–Crippen MR) is 132 cm³/mol. The second-order valence-corrected chi connectivity index (χ2v) is 9.89. The zero-order valence-corrected chi connectivity index (χ0v) is 21.8. The molecule has 0 spiro atoms. The molecule has 0 bridgehead atoms. The smallest absolute Gasteiger partial charge is 0.340 e. The second kappa shape index (κ2) is 11.1. The van der Waals surface area contributed by atoms with Crippen molar-refractivity contribution in [2.45, 2.75) is 43.0 Å². The summed E-state index contributed by atoms with van der Waals surface area (Å²) in [5.74, 6) is -16.6. The number of carboxylic acid groups (broad SMARTS) is 1. The summed E-state index contributed by atoms with van der Waals surface area (Å²) in [5, 5.41) is 79.8. The van der Waals surface area contributed by atoms with Crippen LogP contribution in [0.3, 0.4) is 0 Å². The lowest BCUT2D eigenvalue weighted by Crippen LogP contribution is -2.62. The van der Waals surface area contributed by atoms with Crippen LogP contribution in [0.25, 0.3) is 0 Å². The van der Waals surface area contributed by atoms with Gasteiger partial charge in [0.15, 0.2) is 34.9 Å². The Kier molecular flexibility index (Phi) is 7.58. The van der Waals surface area contributed by atoms with Crippen LogP contribution in [0.5, 0.6) is 34.5 Å². The van der Waals surface area contributed by atoms with E-state index in [0.29, 0.717) is 18.2 Å². The van der Waals surface area contributed by atoms with Crippen LogP contribution < -0.4 is 4.74 Å². The van der Waals surface area contributed by atoms with Crippen LogP contribution in [-0.2, 0) is 33.3 Å². The highest BCUT2D eigenvalue weighted by Gasteiger charge is 2.55. The predicted octanol–water partition coefficient (Wildman–Crippen LogP) is -1.31. The lowest BCUT2D eigenvalue weighted by atomic mass is 9.82. The SMILES string of the molecule is O=C(O)CC1C(=O)OC2C(O)C(CO)OC(OC(=O)c3cc(O)c(O)c(O)c3)C2OC(=O)c2cc(O)c(O)c3c2C1C(=O)O3. The van der Waals surface area contributed by atoms with Crippen LogP contribution in [-0.4, -0.2) is 108 Å². The van der Waals surface area contributed by atoms with E-state index < -0.39 is 137 Å². The summed E-state index contributed by atoms with van der Waals surface area (Å²) in [5.41, 5.74) is -1.78. The van der Waals surface area contributed by atoms with E-state index in [1.165, 1.54) is 0 Å². The van der Waals surface area contributed by atoms with E-state index in [1.54, 1.807) is 0 Å². The molecule has 0 amide bonds. The third-order valence-corrected chi connectivity index (χ3v) is 7.18. The van der Waals surface area contributed by atoms with Crippen molar-refractivity contribution in [2.75, 3.05) is 6.61 Å². The van der Waals surface area contributed by atoms with Crippen LogP contribution >= 0.6 is 0 Å². The van der Waals surface area contributed by atoms with Crippen molar-refractivity contribution in [2.24, 2.45) is 5.92 Å². The molecule has 44 heavy (non-hydrogen) atoms. The third kappa shape index (κ3) is 4.99. The van der Waals surface area contributed by atoms with Crippen LogP contribution in [0, 0.1) is 5.92 Å². The minimum absolute atomic E-state index is 0.522. The number of phenols is 5. The first-order valence-electron chi connectivity index (χ1n) is 12.6. The average molecular weight is 622 g/mol. The van der Waals surface area contributed by atoms with Gasteiger partial charge in [-0.2, -0.15) is 0 Å². The number of phenolic OH excluding ortho intramolecular Hbond substituents is 5. The molecular formula is C26H22O18. The molecule has 0 aliphatic carbocycles. The molecule has 234 valence electrons. The molecule has 2 aromatic carbocycles. The number of aromatic hydroxyl groups is 5. The Labute approximate surface area is 243 Å². The van der Waals surface area contributed by atoms with Crippen molar-refractivity contribution in [3.05, 3.63) is 34.9 Å². The summed E-state index contributed by atoms with van der Waals surface area (Å²) in [6.45, 7) is -0.989. The zero-order valence-electron chi connectivity index (χ0n) is 21.8. The normalized spacial score (nSPS) is 27.7. The minimum Gasteiger partial charge on any atom is -0.504 e. The van der Waals surface area contributed by atoms with Gasteiger partial charge in [-0.1, -0.05) is 0 Å². The Morgan fingerprint density at radius 3 is 2.11 bits per heavy atom. The molecule has 3 aliphatic rings. The summed E-state index contributed by atoms with van der Waals surface area (Å²) in [7, 11) is 0. The van der Waals surface area contributed by atoms with Gasteiger partial charge in [-0.15, -0.1) is 0 Å². The first-order valence-corrected chi connectivity index (χ1v) is 12.6. The van der Waals surface area contributed by atoms with Gasteiger partial charge in [0, 0.05) is 5.56 Å². The topological polar surface area (TPSA) is 293 Å². The van der Waals surface area contributed by atoms with Gasteiger partial charge in [0.05, 0.1) is 30.1 Å². The maximum atomic E-state index is 13.5. The Bertz CT molecular complexity index is 1560. The maximum Gasteiger partial charge on any atom is 0.340 e. The fraction of sp³-hybridized carbons (Fsp3) is 0.346. The Hall–Kier alpha value is -5.33. The summed E-state index contributed by atoms with van der Waals surface area (Å²) in [6, 6.07) is 2.02. The van der Waals surface area contributed by atoms with Crippen molar-refractivity contribution < 1.29 is 88.5 Å². The lowest BCUT2D eigenvalue weighted by molar-refractivity contribution is -0.288. The second-order valence-electron chi connectivity index (χ2n) is 9.89. The summed E-state index contributed by atoms with van der Waals surface area (Å²) >= 11 is 0. The number of aliphatic hydroxyl groups excluding tert-OH is 2. The molecule has 5 rings (SSSR count). The minimum atomic E-state index is -2.12. The number of esters is 4. The Balaban J connectivity index is 1.62. The fourth-order valence-corrected chi connectivity index (χ4v) is 5.10. The highest BCUT2D eigenvalue weighted by molar-refractivity contribution is 6.02. The van der Waals surface area contributed by atoms with E-state index >= 15 is 0 Å². The summed E-state index contributed by atoms with van der Waals surface area (Å²) < 4.78 is 26.3. The van der Waals surface area contributed by atoms with Gasteiger partial charge in [0.25, 0.3) is 0 Å². The van der Waals surface area contributed by atoms with Crippen LogP contribution in [0.15, 0.2) is 18.2 Å². The molecule has 7 unspecified atom stereocenters. The first kappa shape index (κ1) is 30.1. The van der Waals surface area contributed by atoms with Gasteiger partial charge in [-0.3, -0.25) is 14.4 Å². The van der Waals surface area contributed by atoms with E-state index in [0.717, 1.165) is 0 Å². The van der Waals surface area contributed by atoms with Crippen molar-refractivity contribution in [1.82, 2.24) is 0 Å². The largest absolute Gasteiger partial charge is 0.504 e. The third-order valence-electron chi connectivity index (χ3n) is 7.18. The monoisotopic (exact) mass is 622 g/mol. The molecule has 8 N–H and O–H groups in total. The van der Waals surface area contributed by atoms with E-state index in [2.05, 4.69) is 0 Å². The number of hydrogen-bond donors (Lipinski definition) is 8. The van der Waals surface area contributed by atoms with Crippen molar-refractivity contribution in [1.29, 1.82) is 0 Å². The summed E-state index contributed by atoms with van der Waals surface area (Å²) in [4.78, 5) is 64.5. The molecule has 0 saturated carbocycles. The number of fused-ring (bicyclic) bond motifs is 1. The van der Waals surface area contributed by atoms with E-state index in [-0.39, 0.29) is 0 Å². The molecule has 18 nitrogen and oxygen atoms in total. The van der Waals surface area contributed by atoms with Crippen molar-refractivity contribution in [3.63, 3.8) is 0 Å². The number of carbonyl (C=O) groups excluding carboxylic acids is 4. The van der Waals surface area contributed by atoms with Crippen LogP contribution in [0.2, 0.25) is 0 Å². The Morgan fingerprint density at radius 2 is 1.50 bits per heavy atom. The standard InChI is InChI=1S/C26H22O18/c27-5-12-18(35)20-21(26(40-12)44-22(36)6-1-9(28)16(33)10(29)2-6)43-23(37)7-3-11(30)17(34)19-14(7)15(25(39)41-19)8(4-13(31)32)24(38)42-20/h1-3,8,12,15,18,20-21,26-30,33-35H,4-5H2,(H,31,32). The number of hydrogen-bond acceptors (Lipinski definition) is 17. The molecule has 1 saturated heterocycles. The van der Waals surface area contributed by atoms with E-state index in [4.69, 9.17) is 23.7 Å². The van der Waals surface area contributed by atoms with E-state index in [1.807, 2.05) is 0 Å². The number of rotatable bonds is 5. The highest BCUT2D eigenvalue weighted by Crippen LogP contribution is 2.52.